The van der Waals surface area contributed by atoms with Gasteiger partial charge in [0.15, 0.2) is 11.4 Å². The van der Waals surface area contributed by atoms with E-state index in [1.807, 2.05) is 0 Å². The molecule has 0 unspecified atom stereocenters. The maximum Gasteiger partial charge on any atom is 0.331 e. The predicted octanol–water partition coefficient (Wildman–Crippen LogP) is 1.52. The monoisotopic (exact) mass is 282 g/mol. The van der Waals surface area contributed by atoms with E-state index in [9.17, 15) is 15.0 Å². The van der Waals surface area contributed by atoms with E-state index in [1.54, 1.807) is 0 Å². The highest BCUT2D eigenvalue weighted by Gasteiger charge is 2.34. The second-order valence-electron chi connectivity index (χ2n) is 4.44. The number of tetrazole rings is 1. The summed E-state index contributed by atoms with van der Waals surface area (Å²) in [6.07, 6.45) is 0. The van der Waals surface area contributed by atoms with Crippen molar-refractivity contribution in [3.63, 3.8) is 0 Å². The zero-order valence-electron chi connectivity index (χ0n) is 10.2. The molecule has 0 aliphatic heterocycles. The molecule has 0 aliphatic rings. The molecule has 2 rings (SSSR count). The van der Waals surface area contributed by atoms with Gasteiger partial charge in [0, 0.05) is 5.02 Å². The summed E-state index contributed by atoms with van der Waals surface area (Å²) in [4.78, 5) is 11.2. The molecule has 0 atom stereocenters. The highest BCUT2D eigenvalue weighted by Crippen LogP contribution is 2.32. The van der Waals surface area contributed by atoms with Gasteiger partial charge in [-0.25, -0.2) is 9.48 Å². The average Bonchev–Trinajstić information content (AvgIpc) is 2.81. The van der Waals surface area contributed by atoms with Gasteiger partial charge in [0.1, 0.15) is 5.75 Å². The van der Waals surface area contributed by atoms with Crippen molar-refractivity contribution >= 4 is 17.6 Å². The lowest BCUT2D eigenvalue weighted by molar-refractivity contribution is -0.146. The number of rotatable bonds is 3. The zero-order valence-corrected chi connectivity index (χ0v) is 11.0. The van der Waals surface area contributed by atoms with Crippen LogP contribution in [0.4, 0.5) is 0 Å². The van der Waals surface area contributed by atoms with E-state index >= 15 is 0 Å². The van der Waals surface area contributed by atoms with Crippen molar-refractivity contribution in [1.29, 1.82) is 0 Å². The van der Waals surface area contributed by atoms with Crippen LogP contribution < -0.4 is 0 Å². The Labute approximate surface area is 113 Å². The maximum absolute atomic E-state index is 11.2. The number of nitrogens with zero attached hydrogens (tertiary/aromatic N) is 4. The van der Waals surface area contributed by atoms with Gasteiger partial charge in [-0.1, -0.05) is 11.6 Å². The molecule has 7 nitrogen and oxygen atoms in total. The van der Waals surface area contributed by atoms with Gasteiger partial charge in [0.2, 0.25) is 0 Å². The molecule has 0 aliphatic carbocycles. The molecule has 1 aromatic carbocycles. The Kier molecular flexibility index (Phi) is 3.15. The topological polar surface area (TPSA) is 101 Å². The molecule has 100 valence electrons. The second-order valence-corrected chi connectivity index (χ2v) is 4.88. The predicted molar refractivity (Wildman–Crippen MR) is 66.9 cm³/mol. The van der Waals surface area contributed by atoms with Crippen molar-refractivity contribution in [1.82, 2.24) is 20.2 Å². The van der Waals surface area contributed by atoms with Crippen LogP contribution in [0.5, 0.6) is 5.75 Å². The Morgan fingerprint density at radius 3 is 2.74 bits per heavy atom. The van der Waals surface area contributed by atoms with E-state index in [0.29, 0.717) is 5.02 Å². The van der Waals surface area contributed by atoms with Crippen molar-refractivity contribution < 1.29 is 15.0 Å². The fourth-order valence-electron chi connectivity index (χ4n) is 1.51. The molecular weight excluding hydrogens is 272 g/mol. The van der Waals surface area contributed by atoms with Crippen molar-refractivity contribution in [2.24, 2.45) is 0 Å². The van der Waals surface area contributed by atoms with Gasteiger partial charge in [-0.15, -0.1) is 5.10 Å². The van der Waals surface area contributed by atoms with E-state index in [-0.39, 0.29) is 17.1 Å². The Bertz CT molecular complexity index is 639. The number of benzene rings is 1. The fourth-order valence-corrected chi connectivity index (χ4v) is 1.68. The molecule has 0 bridgehead atoms. The van der Waals surface area contributed by atoms with Crippen molar-refractivity contribution in [3.05, 3.63) is 23.2 Å². The lowest BCUT2D eigenvalue weighted by atomic mass is 10.1. The normalized spacial score (nSPS) is 11.5. The highest BCUT2D eigenvalue weighted by atomic mass is 35.5. The van der Waals surface area contributed by atoms with Crippen LogP contribution in [0, 0.1) is 0 Å². The molecule has 19 heavy (non-hydrogen) atoms. The van der Waals surface area contributed by atoms with E-state index in [0.717, 1.165) is 4.68 Å². The van der Waals surface area contributed by atoms with Gasteiger partial charge in [0.25, 0.3) is 0 Å². The maximum atomic E-state index is 11.2. The van der Waals surface area contributed by atoms with Crippen molar-refractivity contribution in [2.45, 2.75) is 19.4 Å². The van der Waals surface area contributed by atoms with Crippen LogP contribution in [0.25, 0.3) is 11.4 Å². The van der Waals surface area contributed by atoms with E-state index in [1.165, 1.54) is 32.0 Å². The number of aliphatic carboxylic acids is 1. The number of carboxylic acids is 1. The number of carbonyl (C=O) groups is 1. The van der Waals surface area contributed by atoms with Crippen LogP contribution in [0.3, 0.4) is 0 Å². The van der Waals surface area contributed by atoms with Crippen LogP contribution in [-0.2, 0) is 10.3 Å². The molecule has 0 spiro atoms. The van der Waals surface area contributed by atoms with Crippen molar-refractivity contribution in [3.8, 4) is 17.1 Å². The Morgan fingerprint density at radius 2 is 2.11 bits per heavy atom. The quantitative estimate of drug-likeness (QED) is 0.885. The molecule has 2 N–H and O–H groups in total. The minimum Gasteiger partial charge on any atom is -0.507 e. The SMILES string of the molecule is CC(C)(C(=O)O)n1nnnc1-c1cc(Cl)ccc1O. The zero-order chi connectivity index (χ0) is 14.2. The third kappa shape index (κ3) is 2.24. The third-order valence-electron chi connectivity index (χ3n) is 2.72. The first-order chi connectivity index (χ1) is 8.84. The number of phenols is 1. The second kappa shape index (κ2) is 4.51. The Hall–Kier alpha value is -2.15. The summed E-state index contributed by atoms with van der Waals surface area (Å²) in [7, 11) is 0. The van der Waals surface area contributed by atoms with Gasteiger partial charge in [-0.3, -0.25) is 0 Å². The standard InChI is InChI=1S/C11H11ClN4O3/c1-11(2,10(18)19)16-9(13-14-15-16)7-5-6(12)3-4-8(7)17/h3-5,17H,1-2H3,(H,18,19). The Balaban J connectivity index is 2.63. The highest BCUT2D eigenvalue weighted by molar-refractivity contribution is 6.30. The summed E-state index contributed by atoms with van der Waals surface area (Å²) in [6.45, 7) is 2.91. The molecule has 0 saturated carbocycles. The summed E-state index contributed by atoms with van der Waals surface area (Å²) < 4.78 is 1.13. The van der Waals surface area contributed by atoms with E-state index < -0.39 is 11.5 Å². The van der Waals surface area contributed by atoms with Crippen LogP contribution in [0.2, 0.25) is 5.02 Å². The van der Waals surface area contributed by atoms with E-state index in [4.69, 9.17) is 11.6 Å². The molecule has 1 aromatic heterocycles. The largest absolute Gasteiger partial charge is 0.507 e. The van der Waals surface area contributed by atoms with Gasteiger partial charge in [-0.05, 0) is 42.5 Å². The first-order valence-corrected chi connectivity index (χ1v) is 5.73. The number of hydrogen-bond acceptors (Lipinski definition) is 5. The Morgan fingerprint density at radius 1 is 1.42 bits per heavy atom. The molecule has 8 heteroatoms. The molecule has 1 heterocycles. The third-order valence-corrected chi connectivity index (χ3v) is 2.96. The minimum absolute atomic E-state index is 0.0818. The fraction of sp³-hybridized carbons (Fsp3) is 0.273. The number of halogens is 1. The first-order valence-electron chi connectivity index (χ1n) is 5.35. The number of aromatic nitrogens is 4. The molecular formula is C11H11ClN4O3. The van der Waals surface area contributed by atoms with Crippen LogP contribution in [0.15, 0.2) is 18.2 Å². The molecule has 0 fully saturated rings. The number of phenolic OH excluding ortho intramolecular Hbond substituents is 1. The van der Waals surface area contributed by atoms with E-state index in [2.05, 4.69) is 15.5 Å². The molecule has 0 radical (unpaired) electrons. The first kappa shape index (κ1) is 13.3. The van der Waals surface area contributed by atoms with Gasteiger partial charge in [0.05, 0.1) is 5.56 Å². The lowest BCUT2D eigenvalue weighted by Crippen LogP contribution is -2.37. The molecule has 0 amide bonds. The summed E-state index contributed by atoms with van der Waals surface area (Å²) in [5, 5.41) is 30.3. The minimum atomic E-state index is -1.35. The van der Waals surface area contributed by atoms with Gasteiger partial charge >= 0.3 is 5.97 Å². The number of carboxylic acid groups (broad SMARTS) is 1. The van der Waals surface area contributed by atoms with Crippen LogP contribution in [0.1, 0.15) is 13.8 Å². The number of aromatic hydroxyl groups is 1. The van der Waals surface area contributed by atoms with Gasteiger partial charge < -0.3 is 10.2 Å². The van der Waals surface area contributed by atoms with Gasteiger partial charge in [-0.2, -0.15) is 0 Å². The summed E-state index contributed by atoms with van der Waals surface area (Å²) in [6, 6.07) is 4.37. The summed E-state index contributed by atoms with van der Waals surface area (Å²) in [5.41, 5.74) is -1.08. The van der Waals surface area contributed by atoms with Crippen molar-refractivity contribution in [2.75, 3.05) is 0 Å². The smallest absolute Gasteiger partial charge is 0.331 e. The van der Waals surface area contributed by atoms with Crippen LogP contribution in [-0.4, -0.2) is 36.4 Å². The summed E-state index contributed by atoms with van der Waals surface area (Å²) >= 11 is 5.86. The average molecular weight is 283 g/mol. The molecule has 2 aromatic rings. The summed E-state index contributed by atoms with van der Waals surface area (Å²) in [5.74, 6) is -1.04. The number of hydrogen-bond donors (Lipinski definition) is 2. The van der Waals surface area contributed by atoms with Crippen LogP contribution >= 0.6 is 11.6 Å². The lowest BCUT2D eigenvalue weighted by Gasteiger charge is -2.20. The molecule has 0 saturated heterocycles.